The van der Waals surface area contributed by atoms with Gasteiger partial charge in [-0.3, -0.25) is 4.72 Å². The van der Waals surface area contributed by atoms with Crippen molar-refractivity contribution in [2.45, 2.75) is 4.90 Å². The standard InChI is InChI=1S/C14H10F3NO4S/c15-9-2-4-12(14(17)13(9)16)23(19,20)18-8-1-3-10-11(7-8)22-6-5-21-10/h1-4,7,18H,5-6H2. The Labute approximate surface area is 129 Å². The minimum Gasteiger partial charge on any atom is -0.486 e. The topological polar surface area (TPSA) is 64.6 Å². The maximum atomic E-state index is 13.7. The summed E-state index contributed by atoms with van der Waals surface area (Å²) in [5, 5.41) is 0. The summed E-state index contributed by atoms with van der Waals surface area (Å²) in [5.41, 5.74) is 0.0679. The molecular formula is C14H10F3NO4S. The van der Waals surface area contributed by atoms with E-state index in [1.165, 1.54) is 18.2 Å². The van der Waals surface area contributed by atoms with Gasteiger partial charge in [0.05, 0.1) is 5.69 Å². The average Bonchev–Trinajstić information content (AvgIpc) is 2.52. The van der Waals surface area contributed by atoms with Crippen molar-refractivity contribution in [3.05, 3.63) is 47.8 Å². The third-order valence-corrected chi connectivity index (χ3v) is 4.48. The first kappa shape index (κ1) is 15.5. The van der Waals surface area contributed by atoms with Crippen molar-refractivity contribution in [3.63, 3.8) is 0 Å². The van der Waals surface area contributed by atoms with E-state index in [2.05, 4.69) is 4.72 Å². The smallest absolute Gasteiger partial charge is 0.264 e. The van der Waals surface area contributed by atoms with Gasteiger partial charge in [-0.15, -0.1) is 0 Å². The third kappa shape index (κ3) is 2.91. The van der Waals surface area contributed by atoms with Crippen LogP contribution in [0.15, 0.2) is 35.2 Å². The van der Waals surface area contributed by atoms with E-state index in [4.69, 9.17) is 9.47 Å². The Bertz CT molecular complexity index is 871. The maximum absolute atomic E-state index is 13.7. The molecule has 0 unspecified atom stereocenters. The van der Waals surface area contributed by atoms with Gasteiger partial charge in [0.2, 0.25) is 0 Å². The highest BCUT2D eigenvalue weighted by atomic mass is 32.2. The second-order valence-corrected chi connectivity index (χ2v) is 6.29. The van der Waals surface area contributed by atoms with E-state index in [9.17, 15) is 21.6 Å². The first-order valence-corrected chi connectivity index (χ1v) is 7.93. The van der Waals surface area contributed by atoms with Crippen molar-refractivity contribution < 1.29 is 31.1 Å². The van der Waals surface area contributed by atoms with Crippen molar-refractivity contribution in [3.8, 4) is 11.5 Å². The fourth-order valence-electron chi connectivity index (χ4n) is 2.03. The molecule has 0 fully saturated rings. The predicted molar refractivity (Wildman–Crippen MR) is 74.6 cm³/mol. The zero-order valence-corrected chi connectivity index (χ0v) is 12.3. The van der Waals surface area contributed by atoms with Crippen LogP contribution < -0.4 is 14.2 Å². The normalized spacial score (nSPS) is 13.7. The van der Waals surface area contributed by atoms with Crippen LogP contribution in [0.1, 0.15) is 0 Å². The van der Waals surface area contributed by atoms with Crippen LogP contribution in [0.25, 0.3) is 0 Å². The SMILES string of the molecule is O=S(=O)(Nc1ccc2c(c1)OCCO2)c1ccc(F)c(F)c1F. The van der Waals surface area contributed by atoms with E-state index in [1.54, 1.807) is 0 Å². The van der Waals surface area contributed by atoms with E-state index in [0.29, 0.717) is 36.8 Å². The number of halogens is 3. The van der Waals surface area contributed by atoms with Gasteiger partial charge in [-0.2, -0.15) is 0 Å². The molecule has 3 rings (SSSR count). The van der Waals surface area contributed by atoms with Crippen LogP contribution in [0.4, 0.5) is 18.9 Å². The molecule has 0 atom stereocenters. The zero-order chi connectivity index (χ0) is 16.6. The zero-order valence-electron chi connectivity index (χ0n) is 11.5. The summed E-state index contributed by atoms with van der Waals surface area (Å²) in [6.07, 6.45) is 0. The van der Waals surface area contributed by atoms with Crippen LogP contribution >= 0.6 is 0 Å². The fraction of sp³-hybridized carbons (Fsp3) is 0.143. The molecule has 0 aromatic heterocycles. The van der Waals surface area contributed by atoms with Gasteiger partial charge in [-0.1, -0.05) is 0 Å². The van der Waals surface area contributed by atoms with E-state index in [1.807, 2.05) is 0 Å². The van der Waals surface area contributed by atoms with E-state index in [-0.39, 0.29) is 5.69 Å². The molecule has 2 aromatic carbocycles. The molecule has 5 nitrogen and oxygen atoms in total. The van der Waals surface area contributed by atoms with Crippen LogP contribution in [-0.2, 0) is 10.0 Å². The summed E-state index contributed by atoms with van der Waals surface area (Å²) in [6.45, 7) is 0.680. The first-order chi connectivity index (χ1) is 10.9. The van der Waals surface area contributed by atoms with Crippen LogP contribution in [0.3, 0.4) is 0 Å². The lowest BCUT2D eigenvalue weighted by Crippen LogP contribution is -2.17. The summed E-state index contributed by atoms with van der Waals surface area (Å²) in [7, 11) is -4.44. The number of ether oxygens (including phenoxy) is 2. The molecule has 0 amide bonds. The predicted octanol–water partition coefficient (Wildman–Crippen LogP) is 2.68. The number of sulfonamides is 1. The van der Waals surface area contributed by atoms with Crippen molar-refractivity contribution in [1.29, 1.82) is 0 Å². The minimum atomic E-state index is -4.44. The van der Waals surface area contributed by atoms with Crippen molar-refractivity contribution in [2.75, 3.05) is 17.9 Å². The minimum absolute atomic E-state index is 0.0679. The summed E-state index contributed by atoms with van der Waals surface area (Å²) in [4.78, 5) is -0.994. The molecule has 1 aliphatic heterocycles. The average molecular weight is 345 g/mol. The number of fused-ring (bicyclic) bond motifs is 1. The Morgan fingerprint density at radius 1 is 0.913 bits per heavy atom. The summed E-state index contributed by atoms with van der Waals surface area (Å²) >= 11 is 0. The molecular weight excluding hydrogens is 335 g/mol. The second-order valence-electron chi connectivity index (χ2n) is 4.64. The van der Waals surface area contributed by atoms with Crippen LogP contribution in [0, 0.1) is 17.5 Å². The maximum Gasteiger partial charge on any atom is 0.264 e. The second kappa shape index (κ2) is 5.65. The highest BCUT2D eigenvalue weighted by Crippen LogP contribution is 2.33. The lowest BCUT2D eigenvalue weighted by Gasteiger charge is -2.19. The molecule has 0 spiro atoms. The van der Waals surface area contributed by atoms with Gasteiger partial charge >= 0.3 is 0 Å². The fourth-order valence-corrected chi connectivity index (χ4v) is 3.15. The Hall–Kier alpha value is -2.42. The van der Waals surface area contributed by atoms with Gasteiger partial charge in [-0.25, -0.2) is 21.6 Å². The highest BCUT2D eigenvalue weighted by molar-refractivity contribution is 7.92. The van der Waals surface area contributed by atoms with Gasteiger partial charge in [0.1, 0.15) is 18.1 Å². The summed E-state index contributed by atoms with van der Waals surface area (Å²) in [5.74, 6) is -4.34. The van der Waals surface area contributed by atoms with Gasteiger partial charge in [-0.05, 0) is 24.3 Å². The Morgan fingerprint density at radius 3 is 2.35 bits per heavy atom. The number of benzene rings is 2. The van der Waals surface area contributed by atoms with Crippen LogP contribution in [-0.4, -0.2) is 21.6 Å². The molecule has 0 saturated heterocycles. The third-order valence-electron chi connectivity index (χ3n) is 3.08. The quantitative estimate of drug-likeness (QED) is 0.869. The number of hydrogen-bond acceptors (Lipinski definition) is 4. The van der Waals surface area contributed by atoms with Crippen LogP contribution in [0.5, 0.6) is 11.5 Å². The molecule has 9 heteroatoms. The van der Waals surface area contributed by atoms with Crippen molar-refractivity contribution in [2.24, 2.45) is 0 Å². The Kier molecular flexibility index (Phi) is 3.80. The molecule has 0 aliphatic carbocycles. The molecule has 23 heavy (non-hydrogen) atoms. The molecule has 1 N–H and O–H groups in total. The Morgan fingerprint density at radius 2 is 1.61 bits per heavy atom. The van der Waals surface area contributed by atoms with Gasteiger partial charge in [0.15, 0.2) is 29.0 Å². The number of nitrogens with one attached hydrogen (secondary N) is 1. The monoisotopic (exact) mass is 345 g/mol. The van der Waals surface area contributed by atoms with Gasteiger partial charge in [0, 0.05) is 6.07 Å². The Balaban J connectivity index is 1.94. The van der Waals surface area contributed by atoms with E-state index < -0.39 is 32.4 Å². The largest absolute Gasteiger partial charge is 0.486 e. The molecule has 0 saturated carbocycles. The van der Waals surface area contributed by atoms with Gasteiger partial charge in [0.25, 0.3) is 10.0 Å². The first-order valence-electron chi connectivity index (χ1n) is 6.44. The summed E-state index contributed by atoms with van der Waals surface area (Å²) < 4.78 is 76.7. The number of hydrogen-bond donors (Lipinski definition) is 1. The van der Waals surface area contributed by atoms with Crippen LogP contribution in [0.2, 0.25) is 0 Å². The molecule has 2 aromatic rings. The molecule has 0 radical (unpaired) electrons. The van der Waals surface area contributed by atoms with Crippen molar-refractivity contribution >= 4 is 15.7 Å². The van der Waals surface area contributed by atoms with E-state index in [0.717, 1.165) is 0 Å². The van der Waals surface area contributed by atoms with E-state index >= 15 is 0 Å². The molecule has 1 aliphatic rings. The lowest BCUT2D eigenvalue weighted by molar-refractivity contribution is 0.171. The summed E-state index contributed by atoms with van der Waals surface area (Å²) in [6, 6.07) is 5.39. The number of rotatable bonds is 3. The molecule has 1 heterocycles. The van der Waals surface area contributed by atoms with Gasteiger partial charge < -0.3 is 9.47 Å². The highest BCUT2D eigenvalue weighted by Gasteiger charge is 2.24. The molecule has 0 bridgehead atoms. The molecule has 122 valence electrons. The van der Waals surface area contributed by atoms with Crippen molar-refractivity contribution in [1.82, 2.24) is 0 Å². The lowest BCUT2D eigenvalue weighted by atomic mass is 10.3. The number of anilines is 1.